The predicted octanol–water partition coefficient (Wildman–Crippen LogP) is 3.96. The zero-order chi connectivity index (χ0) is 18.3. The Morgan fingerprint density at radius 1 is 1.15 bits per heavy atom. The summed E-state index contributed by atoms with van der Waals surface area (Å²) >= 11 is 3.55. The lowest BCUT2D eigenvalue weighted by molar-refractivity contribution is 0.414. The summed E-state index contributed by atoms with van der Waals surface area (Å²) in [5.74, 6) is 0.844. The SMILES string of the molecule is COc1ccc(Cn2ncc3c(-c4cn(C)nc4Br)cc(C)nc32)cc1. The van der Waals surface area contributed by atoms with Crippen LogP contribution in [0.5, 0.6) is 5.75 Å². The number of aromatic nitrogens is 5. The highest BCUT2D eigenvalue weighted by molar-refractivity contribution is 9.10. The molecule has 0 aliphatic heterocycles. The third-order valence-corrected chi connectivity index (χ3v) is 4.89. The number of hydrogen-bond acceptors (Lipinski definition) is 4. The van der Waals surface area contributed by atoms with Crippen molar-refractivity contribution >= 4 is 27.0 Å². The maximum absolute atomic E-state index is 5.22. The van der Waals surface area contributed by atoms with Crippen molar-refractivity contribution in [1.82, 2.24) is 24.5 Å². The molecule has 1 aromatic carbocycles. The van der Waals surface area contributed by atoms with E-state index < -0.39 is 0 Å². The van der Waals surface area contributed by atoms with Gasteiger partial charge in [0, 0.05) is 35.5 Å². The van der Waals surface area contributed by atoms with E-state index in [9.17, 15) is 0 Å². The van der Waals surface area contributed by atoms with Crippen molar-refractivity contribution in [1.29, 1.82) is 0 Å². The van der Waals surface area contributed by atoms with Gasteiger partial charge in [-0.3, -0.25) is 4.68 Å². The lowest BCUT2D eigenvalue weighted by Crippen LogP contribution is -2.03. The number of nitrogens with zero attached hydrogens (tertiary/aromatic N) is 5. The van der Waals surface area contributed by atoms with Gasteiger partial charge in [0.25, 0.3) is 0 Å². The Bertz CT molecular complexity index is 1080. The number of ether oxygens (including phenoxy) is 1. The smallest absolute Gasteiger partial charge is 0.158 e. The lowest BCUT2D eigenvalue weighted by Gasteiger charge is -2.07. The molecule has 0 bridgehead atoms. The molecule has 0 aliphatic rings. The van der Waals surface area contributed by atoms with Crippen LogP contribution in [0.25, 0.3) is 22.2 Å². The van der Waals surface area contributed by atoms with E-state index in [1.54, 1.807) is 11.8 Å². The number of aryl methyl sites for hydroxylation is 2. The summed E-state index contributed by atoms with van der Waals surface area (Å²) in [4.78, 5) is 4.72. The maximum atomic E-state index is 5.22. The Balaban J connectivity index is 1.79. The molecule has 6 nitrogen and oxygen atoms in total. The van der Waals surface area contributed by atoms with Gasteiger partial charge in [-0.2, -0.15) is 10.2 Å². The van der Waals surface area contributed by atoms with Crippen molar-refractivity contribution in [2.24, 2.45) is 7.05 Å². The van der Waals surface area contributed by atoms with Crippen LogP contribution in [0.2, 0.25) is 0 Å². The first-order valence-electron chi connectivity index (χ1n) is 8.21. The molecule has 0 saturated carbocycles. The van der Waals surface area contributed by atoms with Gasteiger partial charge >= 0.3 is 0 Å². The number of benzene rings is 1. The van der Waals surface area contributed by atoms with Crippen molar-refractivity contribution < 1.29 is 4.74 Å². The third kappa shape index (κ3) is 2.99. The summed E-state index contributed by atoms with van der Waals surface area (Å²) in [5.41, 5.74) is 5.06. The minimum absolute atomic E-state index is 0.650. The van der Waals surface area contributed by atoms with E-state index in [-0.39, 0.29) is 0 Å². The minimum atomic E-state index is 0.650. The third-order valence-electron chi connectivity index (χ3n) is 4.30. The van der Waals surface area contributed by atoms with E-state index >= 15 is 0 Å². The molecule has 0 atom stereocenters. The van der Waals surface area contributed by atoms with Crippen LogP contribution in [0.4, 0.5) is 0 Å². The second kappa shape index (κ2) is 6.57. The summed E-state index contributed by atoms with van der Waals surface area (Å²) in [5, 5.41) is 9.98. The van der Waals surface area contributed by atoms with E-state index in [1.807, 2.05) is 55.3 Å². The lowest BCUT2D eigenvalue weighted by atomic mass is 10.1. The molecule has 0 N–H and O–H groups in total. The highest BCUT2D eigenvalue weighted by Gasteiger charge is 2.16. The van der Waals surface area contributed by atoms with Crippen LogP contribution < -0.4 is 4.74 Å². The van der Waals surface area contributed by atoms with E-state index in [0.29, 0.717) is 6.54 Å². The zero-order valence-electron chi connectivity index (χ0n) is 14.8. The van der Waals surface area contributed by atoms with Crippen molar-refractivity contribution in [3.63, 3.8) is 0 Å². The molecule has 26 heavy (non-hydrogen) atoms. The molecule has 3 heterocycles. The van der Waals surface area contributed by atoms with Crippen LogP contribution in [-0.4, -0.2) is 31.7 Å². The molecule has 0 radical (unpaired) electrons. The Kier molecular flexibility index (Phi) is 4.24. The molecular formula is C19H18BrN5O. The van der Waals surface area contributed by atoms with Crippen LogP contribution in [0.3, 0.4) is 0 Å². The molecule has 0 amide bonds. The monoisotopic (exact) mass is 411 g/mol. The predicted molar refractivity (Wildman–Crippen MR) is 104 cm³/mol. The minimum Gasteiger partial charge on any atom is -0.497 e. The van der Waals surface area contributed by atoms with Crippen LogP contribution in [0.1, 0.15) is 11.3 Å². The Labute approximate surface area is 159 Å². The molecule has 0 spiro atoms. The quantitative estimate of drug-likeness (QED) is 0.509. The Hall–Kier alpha value is -2.67. The summed E-state index contributed by atoms with van der Waals surface area (Å²) in [6.07, 6.45) is 3.87. The molecule has 0 aliphatic carbocycles. The van der Waals surface area contributed by atoms with E-state index in [1.165, 1.54) is 0 Å². The zero-order valence-corrected chi connectivity index (χ0v) is 16.4. The van der Waals surface area contributed by atoms with Crippen molar-refractivity contribution in [2.75, 3.05) is 7.11 Å². The fourth-order valence-corrected chi connectivity index (χ4v) is 3.62. The standard InChI is InChI=1S/C19H18BrN5O/c1-12-8-15(17-11-24(2)23-18(17)20)16-9-21-25(19(16)22-12)10-13-4-6-14(26-3)7-5-13/h4-9,11H,10H2,1-3H3. The van der Waals surface area contributed by atoms with Gasteiger partial charge in [0.15, 0.2) is 5.65 Å². The van der Waals surface area contributed by atoms with Crippen LogP contribution in [0.15, 0.2) is 47.3 Å². The molecule has 3 aromatic heterocycles. The van der Waals surface area contributed by atoms with Crippen LogP contribution >= 0.6 is 15.9 Å². The molecule has 4 rings (SSSR count). The number of methoxy groups -OCH3 is 1. The van der Waals surface area contributed by atoms with Crippen molar-refractivity contribution in [3.8, 4) is 16.9 Å². The van der Waals surface area contributed by atoms with Gasteiger partial charge in [-0.15, -0.1) is 0 Å². The molecule has 132 valence electrons. The molecule has 0 unspecified atom stereocenters. The number of hydrogen-bond donors (Lipinski definition) is 0. The Morgan fingerprint density at radius 2 is 1.92 bits per heavy atom. The van der Waals surface area contributed by atoms with Crippen molar-refractivity contribution in [3.05, 3.63) is 58.6 Å². The van der Waals surface area contributed by atoms with Gasteiger partial charge in [0.1, 0.15) is 10.4 Å². The van der Waals surface area contributed by atoms with E-state index in [2.05, 4.69) is 32.2 Å². The first kappa shape index (κ1) is 16.8. The molecular weight excluding hydrogens is 394 g/mol. The number of halogens is 1. The average molecular weight is 412 g/mol. The fourth-order valence-electron chi connectivity index (χ4n) is 3.06. The highest BCUT2D eigenvalue weighted by atomic mass is 79.9. The van der Waals surface area contributed by atoms with Gasteiger partial charge in [0.2, 0.25) is 0 Å². The van der Waals surface area contributed by atoms with E-state index in [4.69, 9.17) is 9.72 Å². The number of rotatable bonds is 4. The number of pyridine rings is 1. The average Bonchev–Trinajstić information content (AvgIpc) is 3.17. The molecule has 4 aromatic rings. The van der Waals surface area contributed by atoms with E-state index in [0.717, 1.165) is 43.8 Å². The molecule has 0 fully saturated rings. The summed E-state index contributed by atoms with van der Waals surface area (Å²) in [6, 6.07) is 10.1. The summed E-state index contributed by atoms with van der Waals surface area (Å²) in [7, 11) is 3.58. The second-order valence-electron chi connectivity index (χ2n) is 6.21. The van der Waals surface area contributed by atoms with Gasteiger partial charge in [-0.05, 0) is 46.6 Å². The van der Waals surface area contributed by atoms with Gasteiger partial charge in [0.05, 0.1) is 19.9 Å². The summed E-state index contributed by atoms with van der Waals surface area (Å²) in [6.45, 7) is 2.65. The maximum Gasteiger partial charge on any atom is 0.158 e. The Morgan fingerprint density at radius 3 is 2.58 bits per heavy atom. The molecule has 0 saturated heterocycles. The normalized spacial score (nSPS) is 11.2. The highest BCUT2D eigenvalue weighted by Crippen LogP contribution is 2.33. The van der Waals surface area contributed by atoms with Crippen LogP contribution in [-0.2, 0) is 13.6 Å². The van der Waals surface area contributed by atoms with Gasteiger partial charge < -0.3 is 4.74 Å². The summed E-state index contributed by atoms with van der Waals surface area (Å²) < 4.78 is 9.76. The topological polar surface area (TPSA) is 57.8 Å². The number of fused-ring (bicyclic) bond motifs is 1. The molecule has 7 heteroatoms. The fraction of sp³-hybridized carbons (Fsp3) is 0.211. The first-order chi connectivity index (χ1) is 12.5. The van der Waals surface area contributed by atoms with Crippen molar-refractivity contribution in [2.45, 2.75) is 13.5 Å². The first-order valence-corrected chi connectivity index (χ1v) is 9.00. The van der Waals surface area contributed by atoms with Gasteiger partial charge in [-0.1, -0.05) is 12.1 Å². The second-order valence-corrected chi connectivity index (χ2v) is 6.96. The largest absolute Gasteiger partial charge is 0.497 e. The van der Waals surface area contributed by atoms with Crippen LogP contribution in [0, 0.1) is 6.92 Å². The van der Waals surface area contributed by atoms with Gasteiger partial charge in [-0.25, -0.2) is 9.67 Å².